The van der Waals surface area contributed by atoms with Gasteiger partial charge in [-0.2, -0.15) is 0 Å². The average Bonchev–Trinajstić information content (AvgIpc) is 3.27. The predicted molar refractivity (Wildman–Crippen MR) is 129 cm³/mol. The summed E-state index contributed by atoms with van der Waals surface area (Å²) >= 11 is 0. The second-order valence-corrected chi connectivity index (χ2v) is 10.3. The number of likely N-dealkylation sites (tertiary alicyclic amines) is 1. The van der Waals surface area contributed by atoms with Gasteiger partial charge in [0.1, 0.15) is 30.4 Å². The van der Waals surface area contributed by atoms with Crippen LogP contribution in [-0.4, -0.2) is 111 Å². The minimum absolute atomic E-state index is 0.0466. The number of aliphatic carboxylic acids is 1. The second kappa shape index (κ2) is 13.2. The van der Waals surface area contributed by atoms with Crippen LogP contribution in [0.3, 0.4) is 0 Å². The number of amides is 1. The topological polar surface area (TPSA) is 192 Å². The maximum Gasteiger partial charge on any atom is 0.335 e. The summed E-state index contributed by atoms with van der Waals surface area (Å²) in [6.45, 7) is 5.43. The van der Waals surface area contributed by atoms with Crippen molar-refractivity contribution in [3.63, 3.8) is 0 Å². The zero-order valence-electron chi connectivity index (χ0n) is 22.0. The van der Waals surface area contributed by atoms with Gasteiger partial charge in [0.15, 0.2) is 6.10 Å². The molecule has 10 atom stereocenters. The number of nitrogens with one attached hydrogen (secondary N) is 1. The lowest BCUT2D eigenvalue weighted by Gasteiger charge is -2.39. The predicted octanol–water partition coefficient (Wildman–Crippen LogP) is -0.709. The van der Waals surface area contributed by atoms with Crippen LogP contribution >= 0.6 is 0 Å². The second-order valence-electron chi connectivity index (χ2n) is 10.3. The number of aliphatic hydroxyl groups is 3. The molecule has 3 fully saturated rings. The molecule has 1 saturated carbocycles. The monoisotopic (exact) mass is 544 g/mol. The number of carboxylic acids is 1. The van der Waals surface area contributed by atoms with Gasteiger partial charge in [0.2, 0.25) is 12.2 Å². The van der Waals surface area contributed by atoms with E-state index in [0.29, 0.717) is 25.7 Å². The molecule has 1 aliphatic carbocycles. The van der Waals surface area contributed by atoms with Gasteiger partial charge in [0.05, 0.1) is 12.6 Å². The highest BCUT2D eigenvalue weighted by Crippen LogP contribution is 2.41. The van der Waals surface area contributed by atoms with Gasteiger partial charge in [-0.15, -0.1) is 0 Å². The van der Waals surface area contributed by atoms with E-state index in [4.69, 9.17) is 14.2 Å². The quantitative estimate of drug-likeness (QED) is 0.217. The Labute approximate surface area is 221 Å². The molecule has 2 saturated heterocycles. The minimum Gasteiger partial charge on any atom is -0.479 e. The highest BCUT2D eigenvalue weighted by atomic mass is 16.7. The summed E-state index contributed by atoms with van der Waals surface area (Å²) in [6.07, 6.45) is -4.71. The standard InChI is InChI=1S/C25H40N2O11/c1-4-8-14(23(34)36-5-2)26-12(3)21(31)27-15-10-7-6-9-13(15)11-16(27)24(35)38-25-19(30)17(28)18(29)20(37-25)22(32)33/h12-20,25-26,28-30H,4-11H2,1-3H3,(H,32,33). The van der Waals surface area contributed by atoms with Gasteiger partial charge in [-0.3, -0.25) is 14.9 Å². The first-order valence-electron chi connectivity index (χ1n) is 13.4. The number of nitrogens with zero attached hydrogens (tertiary/aromatic N) is 1. The number of carboxylic acid groups (broad SMARTS) is 1. The maximum atomic E-state index is 13.7. The number of carbonyl (C=O) groups is 4. The van der Waals surface area contributed by atoms with E-state index in [9.17, 15) is 39.6 Å². The van der Waals surface area contributed by atoms with Crippen LogP contribution in [-0.2, 0) is 33.4 Å². The summed E-state index contributed by atoms with van der Waals surface area (Å²) in [5.74, 6) is -3.32. The highest BCUT2D eigenvalue weighted by molar-refractivity contribution is 5.89. The van der Waals surface area contributed by atoms with E-state index >= 15 is 0 Å². The summed E-state index contributed by atoms with van der Waals surface area (Å²) in [4.78, 5) is 52.3. The van der Waals surface area contributed by atoms with Crippen molar-refractivity contribution in [1.82, 2.24) is 10.2 Å². The van der Waals surface area contributed by atoms with Crippen LogP contribution in [0.25, 0.3) is 0 Å². The van der Waals surface area contributed by atoms with Crippen LogP contribution < -0.4 is 5.32 Å². The van der Waals surface area contributed by atoms with Crippen molar-refractivity contribution < 1.29 is 53.8 Å². The third-order valence-electron chi connectivity index (χ3n) is 7.63. The first kappa shape index (κ1) is 30.2. The molecule has 10 unspecified atom stereocenters. The SMILES string of the molecule is CCCC(NC(C)C(=O)N1C(C(=O)OC2OC(C(=O)O)C(O)C(O)C2O)CC2CCCCC21)C(=O)OCC. The van der Waals surface area contributed by atoms with Gasteiger partial charge in [-0.05, 0) is 45.4 Å². The number of hydrogen-bond donors (Lipinski definition) is 5. The Bertz CT molecular complexity index is 870. The zero-order chi connectivity index (χ0) is 28.1. The van der Waals surface area contributed by atoms with E-state index in [2.05, 4.69) is 5.32 Å². The van der Waals surface area contributed by atoms with E-state index in [1.165, 1.54) is 4.90 Å². The Balaban J connectivity index is 1.78. The number of carbonyl (C=O) groups excluding carboxylic acids is 3. The van der Waals surface area contributed by atoms with Gasteiger partial charge in [0.25, 0.3) is 0 Å². The molecule has 0 spiro atoms. The molecule has 2 heterocycles. The van der Waals surface area contributed by atoms with Crippen LogP contribution in [0, 0.1) is 5.92 Å². The van der Waals surface area contributed by atoms with Crippen molar-refractivity contribution in [2.75, 3.05) is 6.61 Å². The third kappa shape index (κ3) is 6.45. The summed E-state index contributed by atoms with van der Waals surface area (Å²) in [6, 6.07) is -2.77. The Morgan fingerprint density at radius 3 is 2.37 bits per heavy atom. The summed E-state index contributed by atoms with van der Waals surface area (Å²) in [5, 5.41) is 42.5. The lowest BCUT2D eigenvalue weighted by Crippen LogP contribution is -2.61. The molecule has 2 aliphatic heterocycles. The van der Waals surface area contributed by atoms with Crippen LogP contribution in [0.1, 0.15) is 65.7 Å². The van der Waals surface area contributed by atoms with E-state index in [-0.39, 0.29) is 18.6 Å². The Morgan fingerprint density at radius 2 is 1.74 bits per heavy atom. The summed E-state index contributed by atoms with van der Waals surface area (Å²) < 4.78 is 15.5. The van der Waals surface area contributed by atoms with Gasteiger partial charge < -0.3 is 39.5 Å². The van der Waals surface area contributed by atoms with Crippen LogP contribution in [0.5, 0.6) is 0 Å². The molecule has 1 amide bonds. The van der Waals surface area contributed by atoms with Crippen molar-refractivity contribution in [2.24, 2.45) is 5.92 Å². The largest absolute Gasteiger partial charge is 0.479 e. The zero-order valence-corrected chi connectivity index (χ0v) is 22.0. The fraction of sp³-hybridized carbons (Fsp3) is 0.840. The smallest absolute Gasteiger partial charge is 0.335 e. The molecular formula is C25H40N2O11. The first-order valence-corrected chi connectivity index (χ1v) is 13.4. The molecule has 216 valence electrons. The number of fused-ring (bicyclic) bond motifs is 1. The van der Waals surface area contributed by atoms with Crippen molar-refractivity contribution in [3.8, 4) is 0 Å². The van der Waals surface area contributed by atoms with E-state index in [1.807, 2.05) is 6.92 Å². The molecule has 38 heavy (non-hydrogen) atoms. The Morgan fingerprint density at radius 1 is 1.05 bits per heavy atom. The number of hydrogen-bond acceptors (Lipinski definition) is 11. The van der Waals surface area contributed by atoms with Crippen LogP contribution in [0.4, 0.5) is 0 Å². The number of aliphatic hydroxyl groups excluding tert-OH is 3. The Hall–Kier alpha value is -2.32. The van der Waals surface area contributed by atoms with Crippen molar-refractivity contribution in [1.29, 1.82) is 0 Å². The highest BCUT2D eigenvalue weighted by Gasteiger charge is 2.52. The lowest BCUT2D eigenvalue weighted by atomic mass is 9.84. The van der Waals surface area contributed by atoms with E-state index in [1.54, 1.807) is 13.8 Å². The fourth-order valence-corrected chi connectivity index (χ4v) is 5.73. The molecule has 3 rings (SSSR count). The lowest BCUT2D eigenvalue weighted by molar-refractivity contribution is -0.287. The van der Waals surface area contributed by atoms with Gasteiger partial charge in [0, 0.05) is 6.04 Å². The average molecular weight is 545 g/mol. The number of esters is 2. The molecule has 13 heteroatoms. The Kier molecular flexibility index (Phi) is 10.5. The van der Waals surface area contributed by atoms with E-state index < -0.39 is 72.6 Å². The van der Waals surface area contributed by atoms with E-state index in [0.717, 1.165) is 19.3 Å². The minimum atomic E-state index is -1.92. The normalized spacial score (nSPS) is 34.6. The molecule has 0 radical (unpaired) electrons. The molecule has 0 aromatic heterocycles. The maximum absolute atomic E-state index is 13.7. The van der Waals surface area contributed by atoms with Gasteiger partial charge >= 0.3 is 17.9 Å². The van der Waals surface area contributed by atoms with Crippen LogP contribution in [0.2, 0.25) is 0 Å². The molecule has 0 bridgehead atoms. The van der Waals surface area contributed by atoms with Crippen molar-refractivity contribution in [2.45, 2.75) is 121 Å². The summed E-state index contributed by atoms with van der Waals surface area (Å²) in [7, 11) is 0. The number of ether oxygens (including phenoxy) is 3. The third-order valence-corrected chi connectivity index (χ3v) is 7.63. The van der Waals surface area contributed by atoms with Crippen molar-refractivity contribution >= 4 is 23.8 Å². The molecule has 5 N–H and O–H groups in total. The molecule has 13 nitrogen and oxygen atoms in total. The fourth-order valence-electron chi connectivity index (χ4n) is 5.73. The molecule has 3 aliphatic rings. The number of rotatable bonds is 10. The van der Waals surface area contributed by atoms with Gasteiger partial charge in [-0.25, -0.2) is 9.59 Å². The summed E-state index contributed by atoms with van der Waals surface area (Å²) in [5.41, 5.74) is 0. The molecular weight excluding hydrogens is 504 g/mol. The van der Waals surface area contributed by atoms with Gasteiger partial charge in [-0.1, -0.05) is 26.2 Å². The molecule has 0 aromatic rings. The molecule has 0 aromatic carbocycles. The first-order chi connectivity index (χ1) is 18.0. The van der Waals surface area contributed by atoms with Crippen LogP contribution in [0.15, 0.2) is 0 Å². The van der Waals surface area contributed by atoms with Crippen molar-refractivity contribution in [3.05, 3.63) is 0 Å².